The Balaban J connectivity index is 2.94. The van der Waals surface area contributed by atoms with Gasteiger partial charge in [0.2, 0.25) is 0 Å². The first kappa shape index (κ1) is 13.5. The SMILES string of the molecule is COCc1c(F)cc(CC(N)C(=O)O)cc1F. The van der Waals surface area contributed by atoms with Crippen molar-refractivity contribution >= 4 is 5.97 Å². The molecular weight excluding hydrogens is 232 g/mol. The number of carboxylic acids is 1. The standard InChI is InChI=1S/C11H13F2NO3/c1-17-5-7-8(12)2-6(3-9(7)13)4-10(14)11(15)16/h2-3,10H,4-5,14H2,1H3,(H,15,16). The molecule has 94 valence electrons. The first-order valence-corrected chi connectivity index (χ1v) is 4.89. The van der Waals surface area contributed by atoms with Crippen LogP contribution in [-0.4, -0.2) is 24.2 Å². The molecule has 1 unspecified atom stereocenters. The summed E-state index contributed by atoms with van der Waals surface area (Å²) in [5.74, 6) is -2.74. The fraction of sp³-hybridized carbons (Fsp3) is 0.364. The van der Waals surface area contributed by atoms with Crippen molar-refractivity contribution in [1.82, 2.24) is 0 Å². The molecule has 0 heterocycles. The molecule has 17 heavy (non-hydrogen) atoms. The zero-order chi connectivity index (χ0) is 13.0. The normalized spacial score (nSPS) is 12.5. The van der Waals surface area contributed by atoms with Crippen LogP contribution in [0.3, 0.4) is 0 Å². The van der Waals surface area contributed by atoms with Gasteiger partial charge in [-0.2, -0.15) is 0 Å². The summed E-state index contributed by atoms with van der Waals surface area (Å²) in [6.07, 6.45) is -0.129. The van der Waals surface area contributed by atoms with Crippen LogP contribution < -0.4 is 5.73 Å². The van der Waals surface area contributed by atoms with Crippen LogP contribution in [0.15, 0.2) is 12.1 Å². The van der Waals surface area contributed by atoms with Gasteiger partial charge in [0.25, 0.3) is 0 Å². The summed E-state index contributed by atoms with van der Waals surface area (Å²) in [4.78, 5) is 10.5. The van der Waals surface area contributed by atoms with Crippen molar-refractivity contribution in [3.8, 4) is 0 Å². The quantitative estimate of drug-likeness (QED) is 0.813. The molecule has 0 bridgehead atoms. The largest absolute Gasteiger partial charge is 0.480 e. The van der Waals surface area contributed by atoms with Gasteiger partial charge in [-0.15, -0.1) is 0 Å². The molecule has 0 aliphatic carbocycles. The van der Waals surface area contributed by atoms with Crippen LogP contribution in [0.25, 0.3) is 0 Å². The lowest BCUT2D eigenvalue weighted by Crippen LogP contribution is -2.32. The summed E-state index contributed by atoms with van der Waals surface area (Å²) in [7, 11) is 1.33. The van der Waals surface area contributed by atoms with Crippen molar-refractivity contribution in [2.24, 2.45) is 5.73 Å². The minimum Gasteiger partial charge on any atom is -0.480 e. The lowest BCUT2D eigenvalue weighted by Gasteiger charge is -2.09. The summed E-state index contributed by atoms with van der Waals surface area (Å²) < 4.78 is 31.5. The molecule has 1 rings (SSSR count). The molecule has 0 amide bonds. The van der Waals surface area contributed by atoms with Gasteiger partial charge < -0.3 is 15.6 Å². The molecule has 0 saturated carbocycles. The topological polar surface area (TPSA) is 72.5 Å². The van der Waals surface area contributed by atoms with Gasteiger partial charge >= 0.3 is 5.97 Å². The molecule has 3 N–H and O–H groups in total. The van der Waals surface area contributed by atoms with E-state index in [2.05, 4.69) is 4.74 Å². The second-order valence-corrected chi connectivity index (χ2v) is 3.62. The molecule has 0 aromatic heterocycles. The lowest BCUT2D eigenvalue weighted by molar-refractivity contribution is -0.138. The van der Waals surface area contributed by atoms with Gasteiger partial charge in [0.05, 0.1) is 6.61 Å². The first-order valence-electron chi connectivity index (χ1n) is 4.89. The van der Waals surface area contributed by atoms with E-state index in [-0.39, 0.29) is 24.2 Å². The predicted octanol–water partition coefficient (Wildman–Crippen LogP) is 1.07. The Morgan fingerprint density at radius 3 is 2.41 bits per heavy atom. The monoisotopic (exact) mass is 245 g/mol. The summed E-state index contributed by atoms with van der Waals surface area (Å²) >= 11 is 0. The Hall–Kier alpha value is -1.53. The first-order chi connectivity index (χ1) is 7.95. The number of methoxy groups -OCH3 is 1. The average Bonchev–Trinajstić information content (AvgIpc) is 2.23. The van der Waals surface area contributed by atoms with Crippen LogP contribution in [0, 0.1) is 11.6 Å². The van der Waals surface area contributed by atoms with Gasteiger partial charge in [0, 0.05) is 12.7 Å². The third kappa shape index (κ3) is 3.47. The molecule has 0 spiro atoms. The van der Waals surface area contributed by atoms with Gasteiger partial charge in [-0.3, -0.25) is 4.79 Å². The highest BCUT2D eigenvalue weighted by Crippen LogP contribution is 2.17. The molecule has 0 saturated heterocycles. The second-order valence-electron chi connectivity index (χ2n) is 3.62. The van der Waals surface area contributed by atoms with E-state index >= 15 is 0 Å². The summed E-state index contributed by atoms with van der Waals surface area (Å²) in [5, 5.41) is 8.59. The predicted molar refractivity (Wildman–Crippen MR) is 56.4 cm³/mol. The number of hydrogen-bond acceptors (Lipinski definition) is 3. The summed E-state index contributed by atoms with van der Waals surface area (Å²) in [5.41, 5.74) is 5.30. The lowest BCUT2D eigenvalue weighted by atomic mass is 10.0. The maximum absolute atomic E-state index is 13.4. The Bertz CT molecular complexity index is 400. The minimum atomic E-state index is -1.22. The fourth-order valence-electron chi connectivity index (χ4n) is 1.40. The van der Waals surface area contributed by atoms with Crippen LogP contribution in [0.4, 0.5) is 8.78 Å². The second kappa shape index (κ2) is 5.70. The van der Waals surface area contributed by atoms with Crippen LogP contribution in [0.2, 0.25) is 0 Å². The molecule has 1 aromatic carbocycles. The third-order valence-corrected chi connectivity index (χ3v) is 2.26. The average molecular weight is 245 g/mol. The number of carboxylic acid groups (broad SMARTS) is 1. The van der Waals surface area contributed by atoms with Crippen LogP contribution in [-0.2, 0) is 22.6 Å². The minimum absolute atomic E-state index is 0.129. The number of aliphatic carboxylic acids is 1. The van der Waals surface area contributed by atoms with Crippen molar-refractivity contribution in [1.29, 1.82) is 0 Å². The van der Waals surface area contributed by atoms with E-state index in [0.717, 1.165) is 12.1 Å². The van der Waals surface area contributed by atoms with Crippen LogP contribution in [0.5, 0.6) is 0 Å². The van der Waals surface area contributed by atoms with E-state index in [4.69, 9.17) is 10.8 Å². The van der Waals surface area contributed by atoms with Gasteiger partial charge in [0.15, 0.2) is 0 Å². The highest BCUT2D eigenvalue weighted by molar-refractivity contribution is 5.73. The number of nitrogens with two attached hydrogens (primary N) is 1. The maximum Gasteiger partial charge on any atom is 0.320 e. The number of rotatable bonds is 5. The van der Waals surface area contributed by atoms with Gasteiger partial charge in [0.1, 0.15) is 17.7 Å². The van der Waals surface area contributed by atoms with Crippen LogP contribution >= 0.6 is 0 Å². The van der Waals surface area contributed by atoms with E-state index in [1.807, 2.05) is 0 Å². The molecule has 0 aliphatic heterocycles. The Morgan fingerprint density at radius 1 is 1.47 bits per heavy atom. The highest BCUT2D eigenvalue weighted by Gasteiger charge is 2.16. The number of ether oxygens (including phenoxy) is 1. The van der Waals surface area contributed by atoms with Crippen LogP contribution in [0.1, 0.15) is 11.1 Å². The van der Waals surface area contributed by atoms with Gasteiger partial charge in [-0.05, 0) is 24.1 Å². The molecule has 0 radical (unpaired) electrons. The van der Waals surface area contributed by atoms with Crippen molar-refractivity contribution < 1.29 is 23.4 Å². The van der Waals surface area contributed by atoms with Crippen molar-refractivity contribution in [2.75, 3.05) is 7.11 Å². The molecule has 0 fully saturated rings. The van der Waals surface area contributed by atoms with E-state index in [9.17, 15) is 13.6 Å². The molecule has 0 aliphatic rings. The summed E-state index contributed by atoms with van der Waals surface area (Å²) in [6.45, 7) is -0.178. The van der Waals surface area contributed by atoms with E-state index < -0.39 is 23.6 Å². The highest BCUT2D eigenvalue weighted by atomic mass is 19.1. The van der Waals surface area contributed by atoms with E-state index in [1.54, 1.807) is 0 Å². The zero-order valence-electron chi connectivity index (χ0n) is 9.24. The van der Waals surface area contributed by atoms with Gasteiger partial charge in [-0.1, -0.05) is 0 Å². The van der Waals surface area contributed by atoms with Crippen molar-refractivity contribution in [3.05, 3.63) is 34.9 Å². The van der Waals surface area contributed by atoms with E-state index in [1.165, 1.54) is 7.11 Å². The smallest absolute Gasteiger partial charge is 0.320 e. The Morgan fingerprint density at radius 2 is 2.00 bits per heavy atom. The number of benzene rings is 1. The molecule has 6 heteroatoms. The van der Waals surface area contributed by atoms with E-state index in [0.29, 0.717) is 0 Å². The number of halogens is 2. The Labute approximate surface area is 97.0 Å². The fourth-order valence-corrected chi connectivity index (χ4v) is 1.40. The number of carbonyl (C=O) groups is 1. The molecular formula is C11H13F2NO3. The van der Waals surface area contributed by atoms with Gasteiger partial charge in [-0.25, -0.2) is 8.78 Å². The maximum atomic E-state index is 13.4. The summed E-state index contributed by atoms with van der Waals surface area (Å²) in [6, 6.07) is 0.961. The zero-order valence-corrected chi connectivity index (χ0v) is 9.24. The third-order valence-electron chi connectivity index (χ3n) is 2.26. The number of hydrogen-bond donors (Lipinski definition) is 2. The molecule has 1 atom stereocenters. The van der Waals surface area contributed by atoms with Crippen molar-refractivity contribution in [3.63, 3.8) is 0 Å². The van der Waals surface area contributed by atoms with Crippen molar-refractivity contribution in [2.45, 2.75) is 19.1 Å². The molecule has 1 aromatic rings. The molecule has 4 nitrogen and oxygen atoms in total. The Kier molecular flexibility index (Phi) is 4.53.